The molecule has 8 heteroatoms. The Kier molecular flexibility index (Phi) is 8.86. The normalized spacial score (nSPS) is 12.5. The van der Waals surface area contributed by atoms with E-state index in [1.54, 1.807) is 49.8 Å². The van der Waals surface area contributed by atoms with E-state index in [0.29, 0.717) is 11.1 Å². The van der Waals surface area contributed by atoms with Crippen LogP contribution in [0, 0.1) is 23.7 Å². The number of aliphatic hydroxyl groups excluding tert-OH is 2. The predicted molar refractivity (Wildman–Crippen MR) is 103 cm³/mol. The Balaban J connectivity index is 2.88. The Morgan fingerprint density at radius 1 is 1.22 bits per heavy atom. The number of rotatable bonds is 6. The molecule has 1 rings (SSSR count). The summed E-state index contributed by atoms with van der Waals surface area (Å²) in [6.45, 7) is 3.11. The van der Waals surface area contributed by atoms with Gasteiger partial charge in [0.2, 0.25) is 0 Å². The topological polar surface area (TPSA) is 119 Å². The average Bonchev–Trinajstić information content (AvgIpc) is 2.68. The quantitative estimate of drug-likeness (QED) is 0.268. The lowest BCUT2D eigenvalue weighted by Crippen LogP contribution is -2.55. The maximum absolute atomic E-state index is 12.4. The van der Waals surface area contributed by atoms with Gasteiger partial charge in [-0.1, -0.05) is 11.8 Å². The molecular weight excluding hydrogens is 368 g/mol. The van der Waals surface area contributed by atoms with E-state index in [9.17, 15) is 9.59 Å². The molecule has 1 aromatic rings. The zero-order valence-electron chi connectivity index (χ0n) is 15.2. The van der Waals surface area contributed by atoms with Crippen molar-refractivity contribution in [1.29, 1.82) is 0 Å². The number of thioether (sulfide) groups is 1. The van der Waals surface area contributed by atoms with Crippen LogP contribution in [0.15, 0.2) is 24.3 Å². The van der Waals surface area contributed by atoms with Crippen molar-refractivity contribution in [3.05, 3.63) is 35.4 Å². The van der Waals surface area contributed by atoms with E-state index < -0.39 is 35.3 Å². The number of benzene rings is 1. The molecule has 0 fully saturated rings. The SMILES string of the molecule is CSC(C)(C)[C@H](NC(=O)c1ccc(C#CC#CC(O)CO)cc1)C(=O)NO. The highest BCUT2D eigenvalue weighted by Gasteiger charge is 2.36. The monoisotopic (exact) mass is 390 g/mol. The summed E-state index contributed by atoms with van der Waals surface area (Å²) in [6.07, 6.45) is 0.680. The molecular formula is C19H22N2O5S. The second-order valence-corrected chi connectivity index (χ2v) is 7.45. The molecule has 1 aromatic carbocycles. The van der Waals surface area contributed by atoms with Crippen LogP contribution in [0.5, 0.6) is 0 Å². The van der Waals surface area contributed by atoms with Gasteiger partial charge in [-0.15, -0.1) is 0 Å². The highest BCUT2D eigenvalue weighted by molar-refractivity contribution is 8.00. The minimum Gasteiger partial charge on any atom is -0.393 e. The number of hydroxylamine groups is 1. The summed E-state index contributed by atoms with van der Waals surface area (Å²) < 4.78 is -0.633. The lowest BCUT2D eigenvalue weighted by Gasteiger charge is -2.31. The van der Waals surface area contributed by atoms with E-state index in [2.05, 4.69) is 29.0 Å². The smallest absolute Gasteiger partial charge is 0.267 e. The first-order valence-corrected chi connectivity index (χ1v) is 9.18. The van der Waals surface area contributed by atoms with Crippen molar-refractivity contribution >= 4 is 23.6 Å². The second kappa shape index (κ2) is 10.6. The number of aliphatic hydroxyl groups is 2. The molecule has 1 unspecified atom stereocenters. The minimum atomic E-state index is -1.13. The van der Waals surface area contributed by atoms with Gasteiger partial charge in [0, 0.05) is 15.9 Å². The molecule has 0 spiro atoms. The van der Waals surface area contributed by atoms with Gasteiger partial charge < -0.3 is 15.5 Å². The largest absolute Gasteiger partial charge is 0.393 e. The van der Waals surface area contributed by atoms with E-state index in [-0.39, 0.29) is 0 Å². The van der Waals surface area contributed by atoms with Gasteiger partial charge >= 0.3 is 0 Å². The molecule has 2 atom stereocenters. The minimum absolute atomic E-state index is 0.329. The van der Waals surface area contributed by atoms with Crippen LogP contribution in [0.25, 0.3) is 0 Å². The van der Waals surface area contributed by atoms with Gasteiger partial charge in [-0.25, -0.2) is 5.48 Å². The molecule has 0 aliphatic carbocycles. The molecule has 0 aliphatic rings. The maximum atomic E-state index is 12.4. The predicted octanol–water partition coefficient (Wildman–Crippen LogP) is 0.140. The fourth-order valence-corrected chi connectivity index (χ4v) is 2.33. The summed E-state index contributed by atoms with van der Waals surface area (Å²) in [4.78, 5) is 24.3. The van der Waals surface area contributed by atoms with E-state index in [1.807, 2.05) is 0 Å². The fraction of sp³-hybridized carbons (Fsp3) is 0.368. The first kappa shape index (κ1) is 22.6. The summed E-state index contributed by atoms with van der Waals surface area (Å²) in [5, 5.41) is 29.3. The van der Waals surface area contributed by atoms with Crippen LogP contribution in [0.1, 0.15) is 29.8 Å². The highest BCUT2D eigenvalue weighted by Crippen LogP contribution is 2.26. The summed E-state index contributed by atoms with van der Waals surface area (Å²) in [7, 11) is 0. The van der Waals surface area contributed by atoms with Gasteiger partial charge in [0.25, 0.3) is 11.8 Å². The number of nitrogens with one attached hydrogen (secondary N) is 2. The Bertz CT molecular complexity index is 784. The Hall–Kier alpha value is -2.49. The third-order valence-electron chi connectivity index (χ3n) is 3.70. The number of carbonyl (C=O) groups is 2. The fourth-order valence-electron chi connectivity index (χ4n) is 1.93. The number of hydrogen-bond acceptors (Lipinski definition) is 6. The van der Waals surface area contributed by atoms with Crippen LogP contribution < -0.4 is 10.8 Å². The van der Waals surface area contributed by atoms with E-state index in [0.717, 1.165) is 0 Å². The molecule has 0 saturated heterocycles. The van der Waals surface area contributed by atoms with E-state index in [1.165, 1.54) is 11.8 Å². The molecule has 0 aromatic heterocycles. The van der Waals surface area contributed by atoms with Gasteiger partial charge in [0.15, 0.2) is 0 Å². The second-order valence-electron chi connectivity index (χ2n) is 5.99. The Labute approximate surface area is 162 Å². The number of carbonyl (C=O) groups excluding carboxylic acids is 2. The molecule has 0 heterocycles. The molecule has 5 N–H and O–H groups in total. The lowest BCUT2D eigenvalue weighted by atomic mass is 10.0. The summed E-state index contributed by atoms with van der Waals surface area (Å²) >= 11 is 1.38. The zero-order valence-corrected chi connectivity index (χ0v) is 16.1. The van der Waals surface area contributed by atoms with E-state index >= 15 is 0 Å². The summed E-state index contributed by atoms with van der Waals surface area (Å²) in [6, 6.07) is 5.41. The Morgan fingerprint density at radius 3 is 2.37 bits per heavy atom. The molecule has 0 radical (unpaired) electrons. The lowest BCUT2D eigenvalue weighted by molar-refractivity contribution is -0.131. The zero-order chi connectivity index (χ0) is 20.4. The summed E-state index contributed by atoms with van der Waals surface area (Å²) in [5.41, 5.74) is 2.51. The number of hydrogen-bond donors (Lipinski definition) is 5. The van der Waals surface area contributed by atoms with Gasteiger partial charge in [-0.05, 0) is 56.2 Å². The third-order valence-corrected chi connectivity index (χ3v) is 4.99. The van der Waals surface area contributed by atoms with Crippen molar-refractivity contribution in [3.8, 4) is 23.7 Å². The van der Waals surface area contributed by atoms with Crippen LogP contribution in [-0.2, 0) is 4.79 Å². The molecule has 0 aliphatic heterocycles. The maximum Gasteiger partial charge on any atom is 0.267 e. The van der Waals surface area contributed by atoms with Crippen LogP contribution in [0.3, 0.4) is 0 Å². The van der Waals surface area contributed by atoms with Crippen molar-refractivity contribution < 1.29 is 25.0 Å². The van der Waals surface area contributed by atoms with Crippen molar-refractivity contribution in [2.45, 2.75) is 30.7 Å². The van der Waals surface area contributed by atoms with Crippen LogP contribution in [0.4, 0.5) is 0 Å². The first-order valence-electron chi connectivity index (χ1n) is 7.95. The van der Waals surface area contributed by atoms with Crippen molar-refractivity contribution in [2.24, 2.45) is 0 Å². The molecule has 0 bridgehead atoms. The first-order chi connectivity index (χ1) is 12.7. The van der Waals surface area contributed by atoms with Gasteiger partial charge in [0.05, 0.1) is 6.61 Å². The standard InChI is InChI=1S/C19H22N2O5S/c1-19(2,27-3)16(18(25)21-26)20-17(24)14-10-8-13(9-11-14)6-4-5-7-15(23)12-22/h8-11,15-16,22-23,26H,12H2,1-3H3,(H,20,24)(H,21,25)/t15?,16-/m1/s1. The van der Waals surface area contributed by atoms with Gasteiger partial charge in [0.1, 0.15) is 12.1 Å². The van der Waals surface area contributed by atoms with Crippen molar-refractivity contribution in [1.82, 2.24) is 10.8 Å². The third kappa shape index (κ3) is 6.97. The van der Waals surface area contributed by atoms with Gasteiger partial charge in [-0.3, -0.25) is 14.8 Å². The molecule has 2 amide bonds. The molecule has 7 nitrogen and oxygen atoms in total. The van der Waals surface area contributed by atoms with Crippen LogP contribution >= 0.6 is 11.8 Å². The number of amides is 2. The molecule has 27 heavy (non-hydrogen) atoms. The van der Waals surface area contributed by atoms with E-state index in [4.69, 9.17) is 15.4 Å². The van der Waals surface area contributed by atoms with Crippen LogP contribution in [0.2, 0.25) is 0 Å². The summed E-state index contributed by atoms with van der Waals surface area (Å²) in [5.74, 6) is 8.88. The van der Waals surface area contributed by atoms with Crippen molar-refractivity contribution in [2.75, 3.05) is 12.9 Å². The molecule has 0 saturated carbocycles. The van der Waals surface area contributed by atoms with Crippen molar-refractivity contribution in [3.63, 3.8) is 0 Å². The van der Waals surface area contributed by atoms with Crippen LogP contribution in [-0.4, -0.2) is 57.0 Å². The highest BCUT2D eigenvalue weighted by atomic mass is 32.2. The Morgan fingerprint density at radius 2 is 1.85 bits per heavy atom. The van der Waals surface area contributed by atoms with Gasteiger partial charge in [-0.2, -0.15) is 11.8 Å². The molecule has 144 valence electrons. The average molecular weight is 390 g/mol.